The van der Waals surface area contributed by atoms with Gasteiger partial charge in [-0.3, -0.25) is 0 Å². The quantitative estimate of drug-likeness (QED) is 0.502. The Labute approximate surface area is 75.1 Å². The van der Waals surface area contributed by atoms with Crippen molar-refractivity contribution in [2.45, 2.75) is 26.4 Å². The van der Waals surface area contributed by atoms with Gasteiger partial charge in [0, 0.05) is 0 Å². The van der Waals surface area contributed by atoms with Gasteiger partial charge in [-0.2, -0.15) is 0 Å². The highest BCUT2D eigenvalue weighted by Crippen LogP contribution is 2.36. The summed E-state index contributed by atoms with van der Waals surface area (Å²) in [5.74, 6) is 5.68. The van der Waals surface area contributed by atoms with Crippen LogP contribution < -0.4 is 0 Å². The molecule has 0 N–H and O–H groups in total. The zero-order valence-corrected chi connectivity index (χ0v) is 9.37. The Morgan fingerprint density at radius 2 is 1.92 bits per heavy atom. The zero-order valence-electron chi connectivity index (χ0n) is 8.47. The van der Waals surface area contributed by atoms with E-state index < -0.39 is 12.7 Å². The fourth-order valence-corrected chi connectivity index (χ4v) is 1.29. The predicted octanol–water partition coefficient (Wildman–Crippen LogP) is 2.39. The minimum atomic E-state index is -2.08. The lowest BCUT2D eigenvalue weighted by Gasteiger charge is -2.20. The number of ether oxygens (including phenoxy) is 1. The number of hydrogen-bond donors (Lipinski definition) is 0. The molecule has 0 heterocycles. The van der Waals surface area contributed by atoms with Gasteiger partial charge in [0.1, 0.15) is 19.1 Å². The first-order chi connectivity index (χ1) is 5.27. The molecular formula is C9H17O2P. The molecule has 0 spiro atoms. The summed E-state index contributed by atoms with van der Waals surface area (Å²) in [6.07, 6.45) is 0.300. The molecule has 0 amide bonds. The van der Waals surface area contributed by atoms with E-state index in [1.807, 2.05) is 13.8 Å². The van der Waals surface area contributed by atoms with Crippen molar-refractivity contribution >= 4 is 7.14 Å². The van der Waals surface area contributed by atoms with Crippen LogP contribution in [0.5, 0.6) is 0 Å². The van der Waals surface area contributed by atoms with Crippen molar-refractivity contribution in [3.05, 3.63) is 0 Å². The normalized spacial score (nSPS) is 12.1. The van der Waals surface area contributed by atoms with Gasteiger partial charge in [0.2, 0.25) is 0 Å². The molecule has 0 rings (SSSR count). The molecule has 0 aromatic heterocycles. The molecule has 0 saturated carbocycles. The summed E-state index contributed by atoms with van der Waals surface area (Å²) in [5, 5.41) is 0. The third-order valence-corrected chi connectivity index (χ3v) is 1.91. The van der Waals surface area contributed by atoms with Crippen LogP contribution in [0.3, 0.4) is 0 Å². The maximum Gasteiger partial charge on any atom is 0.123 e. The Hall–Kier alpha value is -0.250. The molecule has 0 fully saturated rings. The largest absolute Gasteiger partial charge is 0.355 e. The molecule has 0 atom stereocenters. The summed E-state index contributed by atoms with van der Waals surface area (Å²) in [5.41, 5.74) is -0.476. The summed E-state index contributed by atoms with van der Waals surface area (Å²) in [7, 11) is -2.08. The maximum absolute atomic E-state index is 11.3. The monoisotopic (exact) mass is 188 g/mol. The van der Waals surface area contributed by atoms with Gasteiger partial charge in [0.15, 0.2) is 0 Å². The minimum Gasteiger partial charge on any atom is -0.355 e. The average molecular weight is 188 g/mol. The van der Waals surface area contributed by atoms with Crippen molar-refractivity contribution in [3.8, 4) is 11.8 Å². The first-order valence-corrected chi connectivity index (χ1v) is 6.67. The van der Waals surface area contributed by atoms with Crippen LogP contribution in [-0.4, -0.2) is 25.3 Å². The van der Waals surface area contributed by atoms with E-state index in [0.29, 0.717) is 6.35 Å². The molecule has 0 aromatic rings. The first kappa shape index (κ1) is 11.8. The van der Waals surface area contributed by atoms with Crippen LogP contribution in [0.25, 0.3) is 0 Å². The summed E-state index contributed by atoms with van der Waals surface area (Å²) in [6.45, 7) is 8.94. The van der Waals surface area contributed by atoms with E-state index in [9.17, 15) is 4.57 Å². The maximum atomic E-state index is 11.3. The highest BCUT2D eigenvalue weighted by molar-refractivity contribution is 7.62. The fourth-order valence-electron chi connectivity index (χ4n) is 0.654. The average Bonchev–Trinajstić information content (AvgIpc) is 1.83. The molecule has 0 aliphatic heterocycles. The van der Waals surface area contributed by atoms with Gasteiger partial charge in [0.25, 0.3) is 0 Å². The van der Waals surface area contributed by atoms with Crippen LogP contribution in [0.15, 0.2) is 0 Å². The van der Waals surface area contributed by atoms with Gasteiger partial charge < -0.3 is 9.30 Å². The standard InChI is InChI=1S/C9H17O2P/c1-6-7-9(2,3)11-8-12(4,5)10/h8H2,1-5H3. The van der Waals surface area contributed by atoms with Crippen LogP contribution in [-0.2, 0) is 9.30 Å². The van der Waals surface area contributed by atoms with Crippen molar-refractivity contribution in [1.82, 2.24) is 0 Å². The minimum absolute atomic E-state index is 0.300. The molecule has 0 bridgehead atoms. The van der Waals surface area contributed by atoms with Gasteiger partial charge in [-0.1, -0.05) is 5.92 Å². The topological polar surface area (TPSA) is 26.3 Å². The Morgan fingerprint density at radius 1 is 1.42 bits per heavy atom. The molecule has 3 heteroatoms. The van der Waals surface area contributed by atoms with E-state index >= 15 is 0 Å². The van der Waals surface area contributed by atoms with Crippen molar-refractivity contribution in [1.29, 1.82) is 0 Å². The third kappa shape index (κ3) is 6.46. The lowest BCUT2D eigenvalue weighted by Crippen LogP contribution is -2.22. The molecule has 0 aliphatic carbocycles. The lowest BCUT2D eigenvalue weighted by molar-refractivity contribution is 0.0578. The van der Waals surface area contributed by atoms with Crippen molar-refractivity contribution < 1.29 is 9.30 Å². The Balaban J connectivity index is 4.07. The molecule has 0 radical (unpaired) electrons. The van der Waals surface area contributed by atoms with Crippen LogP contribution >= 0.6 is 7.14 Å². The second-order valence-electron chi connectivity index (χ2n) is 3.73. The summed E-state index contributed by atoms with van der Waals surface area (Å²) >= 11 is 0. The van der Waals surface area contributed by atoms with Gasteiger partial charge >= 0.3 is 0 Å². The predicted molar refractivity (Wildman–Crippen MR) is 52.9 cm³/mol. The second kappa shape index (κ2) is 4.12. The Kier molecular flexibility index (Phi) is 4.03. The van der Waals surface area contributed by atoms with Crippen LogP contribution in [0.4, 0.5) is 0 Å². The SMILES string of the molecule is CC#CC(C)(C)OCP(C)(C)=O. The zero-order chi connectivity index (χ0) is 9.83. The molecule has 0 aliphatic rings. The molecule has 0 unspecified atom stereocenters. The molecule has 2 nitrogen and oxygen atoms in total. The van der Waals surface area contributed by atoms with E-state index in [1.54, 1.807) is 20.3 Å². The van der Waals surface area contributed by atoms with Gasteiger partial charge in [-0.25, -0.2) is 0 Å². The van der Waals surface area contributed by atoms with Gasteiger partial charge in [0.05, 0.1) is 0 Å². The van der Waals surface area contributed by atoms with Crippen LogP contribution in [0.2, 0.25) is 0 Å². The smallest absolute Gasteiger partial charge is 0.123 e. The molecule has 0 aromatic carbocycles. The van der Waals surface area contributed by atoms with E-state index in [1.165, 1.54) is 0 Å². The lowest BCUT2D eigenvalue weighted by atomic mass is 10.1. The van der Waals surface area contributed by atoms with Crippen molar-refractivity contribution in [2.24, 2.45) is 0 Å². The Bertz CT molecular complexity index is 239. The van der Waals surface area contributed by atoms with Crippen molar-refractivity contribution in [2.75, 3.05) is 19.7 Å². The highest BCUT2D eigenvalue weighted by atomic mass is 31.2. The van der Waals surface area contributed by atoms with E-state index in [4.69, 9.17) is 4.74 Å². The molecule has 0 saturated heterocycles. The van der Waals surface area contributed by atoms with Crippen molar-refractivity contribution in [3.63, 3.8) is 0 Å². The van der Waals surface area contributed by atoms with Gasteiger partial charge in [-0.05, 0) is 34.1 Å². The highest BCUT2D eigenvalue weighted by Gasteiger charge is 2.18. The van der Waals surface area contributed by atoms with Crippen LogP contribution in [0, 0.1) is 11.8 Å². The molecule has 70 valence electrons. The van der Waals surface area contributed by atoms with E-state index in [-0.39, 0.29) is 0 Å². The summed E-state index contributed by atoms with van der Waals surface area (Å²) < 4.78 is 16.7. The second-order valence-corrected chi connectivity index (χ2v) is 7.14. The van der Waals surface area contributed by atoms with E-state index in [2.05, 4.69) is 11.8 Å². The number of hydrogen-bond acceptors (Lipinski definition) is 2. The fraction of sp³-hybridized carbons (Fsp3) is 0.778. The Morgan fingerprint density at radius 3 is 2.25 bits per heavy atom. The molecular weight excluding hydrogens is 171 g/mol. The summed E-state index contributed by atoms with van der Waals surface area (Å²) in [6, 6.07) is 0. The first-order valence-electron chi connectivity index (χ1n) is 3.89. The summed E-state index contributed by atoms with van der Waals surface area (Å²) in [4.78, 5) is 0. The van der Waals surface area contributed by atoms with E-state index in [0.717, 1.165) is 0 Å². The third-order valence-electron chi connectivity index (χ3n) is 1.16. The van der Waals surface area contributed by atoms with Crippen LogP contribution in [0.1, 0.15) is 20.8 Å². The van der Waals surface area contributed by atoms with Gasteiger partial charge in [-0.15, -0.1) is 5.92 Å². The number of rotatable bonds is 3. The molecule has 12 heavy (non-hydrogen) atoms.